The minimum atomic E-state index is -3.41. The number of hydrogen-bond donors (Lipinski definition) is 2. The predicted octanol–water partition coefficient (Wildman–Crippen LogP) is 1.25. The summed E-state index contributed by atoms with van der Waals surface area (Å²) in [4.78, 5) is 0. The van der Waals surface area contributed by atoms with E-state index in [2.05, 4.69) is 20.7 Å². The van der Waals surface area contributed by atoms with Gasteiger partial charge in [0.2, 0.25) is 10.0 Å². The minimum absolute atomic E-state index is 0.0984. The Balaban J connectivity index is 2.77. The van der Waals surface area contributed by atoms with Crippen LogP contribution in [0.15, 0.2) is 28.7 Å². The van der Waals surface area contributed by atoms with Gasteiger partial charge in [-0.15, -0.1) is 0 Å². The minimum Gasteiger partial charge on any atom is -0.395 e. The summed E-state index contributed by atoms with van der Waals surface area (Å²) < 4.78 is 26.5. The van der Waals surface area contributed by atoms with Crippen molar-refractivity contribution in [2.75, 3.05) is 6.61 Å². The first-order chi connectivity index (χ1) is 7.44. The van der Waals surface area contributed by atoms with Gasteiger partial charge in [0.15, 0.2) is 0 Å². The molecule has 0 saturated heterocycles. The maximum atomic E-state index is 11.7. The molecule has 0 aliphatic carbocycles. The Labute approximate surface area is 104 Å². The monoisotopic (exact) mass is 307 g/mol. The van der Waals surface area contributed by atoms with E-state index in [0.29, 0.717) is 5.56 Å². The first-order valence-electron chi connectivity index (χ1n) is 4.79. The van der Waals surface area contributed by atoms with Gasteiger partial charge in [0, 0.05) is 10.5 Å². The maximum Gasteiger partial charge on any atom is 0.216 e. The third-order valence-corrected chi connectivity index (χ3v) is 4.18. The molecule has 90 valence electrons. The molecule has 6 heteroatoms. The lowest BCUT2D eigenvalue weighted by Crippen LogP contribution is -2.35. The number of benzene rings is 1. The van der Waals surface area contributed by atoms with Crippen molar-refractivity contribution in [3.63, 3.8) is 0 Å². The van der Waals surface area contributed by atoms with Crippen molar-refractivity contribution in [2.24, 2.45) is 0 Å². The van der Waals surface area contributed by atoms with E-state index in [9.17, 15) is 8.42 Å². The number of hydrogen-bond acceptors (Lipinski definition) is 3. The van der Waals surface area contributed by atoms with Gasteiger partial charge in [0.25, 0.3) is 0 Å². The second-order valence-corrected chi connectivity index (χ2v) is 6.16. The van der Waals surface area contributed by atoms with E-state index in [1.807, 2.05) is 6.07 Å². The number of aliphatic hydroxyl groups excluding tert-OH is 1. The van der Waals surface area contributed by atoms with Crippen LogP contribution in [-0.4, -0.2) is 26.2 Å². The van der Waals surface area contributed by atoms with E-state index in [0.717, 1.165) is 4.47 Å². The molecule has 1 unspecified atom stereocenters. The molecule has 4 nitrogen and oxygen atoms in total. The largest absolute Gasteiger partial charge is 0.395 e. The van der Waals surface area contributed by atoms with Gasteiger partial charge in [-0.2, -0.15) is 0 Å². The molecular weight excluding hydrogens is 294 g/mol. The zero-order chi connectivity index (χ0) is 12.2. The summed E-state index contributed by atoms with van der Waals surface area (Å²) in [6, 6.07) is 6.68. The highest BCUT2D eigenvalue weighted by atomic mass is 79.9. The van der Waals surface area contributed by atoms with Crippen LogP contribution in [0.25, 0.3) is 0 Å². The van der Waals surface area contributed by atoms with Crippen LogP contribution in [0.3, 0.4) is 0 Å². The molecule has 0 spiro atoms. The van der Waals surface area contributed by atoms with E-state index in [1.54, 1.807) is 25.1 Å². The van der Waals surface area contributed by atoms with E-state index in [4.69, 9.17) is 5.11 Å². The SMILES string of the molecule is CC(CO)NS(=O)(=O)Cc1ccccc1Br. The zero-order valence-electron chi connectivity index (χ0n) is 8.85. The summed E-state index contributed by atoms with van der Waals surface area (Å²) in [6.07, 6.45) is 0. The molecule has 1 aromatic rings. The number of sulfonamides is 1. The second kappa shape index (κ2) is 5.77. The Kier molecular flexibility index (Phi) is 4.91. The fraction of sp³-hybridized carbons (Fsp3) is 0.400. The van der Waals surface area contributed by atoms with Gasteiger partial charge >= 0.3 is 0 Å². The quantitative estimate of drug-likeness (QED) is 0.860. The highest BCUT2D eigenvalue weighted by molar-refractivity contribution is 9.10. The summed E-state index contributed by atoms with van der Waals surface area (Å²) in [5.74, 6) is -0.0984. The van der Waals surface area contributed by atoms with Crippen LogP contribution in [0.4, 0.5) is 0 Å². The Bertz CT molecular complexity index is 447. The zero-order valence-corrected chi connectivity index (χ0v) is 11.3. The fourth-order valence-corrected chi connectivity index (χ4v) is 3.25. The molecule has 2 N–H and O–H groups in total. The van der Waals surface area contributed by atoms with Crippen molar-refractivity contribution < 1.29 is 13.5 Å². The van der Waals surface area contributed by atoms with Gasteiger partial charge in [-0.1, -0.05) is 34.1 Å². The van der Waals surface area contributed by atoms with Crippen LogP contribution in [-0.2, 0) is 15.8 Å². The summed E-state index contributed by atoms with van der Waals surface area (Å²) in [5, 5.41) is 8.78. The molecule has 0 saturated carbocycles. The van der Waals surface area contributed by atoms with Crippen LogP contribution < -0.4 is 4.72 Å². The third kappa shape index (κ3) is 4.21. The molecule has 0 heterocycles. The normalized spacial score (nSPS) is 13.7. The number of aliphatic hydroxyl groups is 1. The van der Waals surface area contributed by atoms with Gasteiger partial charge in [-0.25, -0.2) is 13.1 Å². The Morgan fingerprint density at radius 1 is 1.44 bits per heavy atom. The van der Waals surface area contributed by atoms with E-state index in [-0.39, 0.29) is 12.4 Å². The molecule has 1 rings (SSSR count). The van der Waals surface area contributed by atoms with Crippen molar-refractivity contribution in [2.45, 2.75) is 18.7 Å². The van der Waals surface area contributed by atoms with Crippen LogP contribution in [0.5, 0.6) is 0 Å². The van der Waals surface area contributed by atoms with E-state index < -0.39 is 16.1 Å². The van der Waals surface area contributed by atoms with Crippen molar-refractivity contribution in [1.29, 1.82) is 0 Å². The van der Waals surface area contributed by atoms with Gasteiger partial charge in [0.05, 0.1) is 12.4 Å². The molecule has 0 radical (unpaired) electrons. The molecule has 0 aliphatic rings. The summed E-state index contributed by atoms with van der Waals surface area (Å²) in [5.41, 5.74) is 0.695. The number of nitrogens with one attached hydrogen (secondary N) is 1. The van der Waals surface area contributed by atoms with Gasteiger partial charge in [0.1, 0.15) is 0 Å². The first kappa shape index (κ1) is 13.6. The van der Waals surface area contributed by atoms with Gasteiger partial charge in [-0.05, 0) is 18.6 Å². The second-order valence-electron chi connectivity index (χ2n) is 3.55. The van der Waals surface area contributed by atoms with Crippen molar-refractivity contribution >= 4 is 26.0 Å². The van der Waals surface area contributed by atoms with Crippen LogP contribution in [0, 0.1) is 0 Å². The smallest absolute Gasteiger partial charge is 0.216 e. The van der Waals surface area contributed by atoms with Crippen LogP contribution in [0.1, 0.15) is 12.5 Å². The standard InChI is InChI=1S/C10H14BrNO3S/c1-8(6-13)12-16(14,15)7-9-4-2-3-5-10(9)11/h2-5,8,12-13H,6-7H2,1H3. The van der Waals surface area contributed by atoms with E-state index in [1.165, 1.54) is 0 Å². The molecule has 0 fully saturated rings. The average molecular weight is 308 g/mol. The molecule has 0 bridgehead atoms. The number of halogens is 1. The van der Waals surface area contributed by atoms with Gasteiger partial charge < -0.3 is 5.11 Å². The first-order valence-corrected chi connectivity index (χ1v) is 7.23. The van der Waals surface area contributed by atoms with Crippen molar-refractivity contribution in [3.8, 4) is 0 Å². The molecule has 0 aromatic heterocycles. The summed E-state index contributed by atoms with van der Waals surface area (Å²) in [6.45, 7) is 1.40. The highest BCUT2D eigenvalue weighted by Gasteiger charge is 2.15. The van der Waals surface area contributed by atoms with E-state index >= 15 is 0 Å². The summed E-state index contributed by atoms with van der Waals surface area (Å²) in [7, 11) is -3.41. The molecule has 1 aromatic carbocycles. The average Bonchev–Trinajstić information content (AvgIpc) is 2.20. The molecular formula is C10H14BrNO3S. The molecule has 0 aliphatic heterocycles. The molecule has 16 heavy (non-hydrogen) atoms. The highest BCUT2D eigenvalue weighted by Crippen LogP contribution is 2.18. The Morgan fingerprint density at radius 2 is 2.06 bits per heavy atom. The molecule has 1 atom stereocenters. The predicted molar refractivity (Wildman–Crippen MR) is 66.4 cm³/mol. The molecule has 0 amide bonds. The third-order valence-electron chi connectivity index (χ3n) is 1.96. The fourth-order valence-electron chi connectivity index (χ4n) is 1.21. The lowest BCUT2D eigenvalue weighted by molar-refractivity contribution is 0.265. The van der Waals surface area contributed by atoms with Gasteiger partial charge in [-0.3, -0.25) is 0 Å². The van der Waals surface area contributed by atoms with Crippen molar-refractivity contribution in [1.82, 2.24) is 4.72 Å². The Hall–Kier alpha value is -0.430. The van der Waals surface area contributed by atoms with Crippen molar-refractivity contribution in [3.05, 3.63) is 34.3 Å². The lowest BCUT2D eigenvalue weighted by Gasteiger charge is -2.12. The lowest BCUT2D eigenvalue weighted by atomic mass is 10.2. The Morgan fingerprint density at radius 3 is 2.62 bits per heavy atom. The number of rotatable bonds is 5. The summed E-state index contributed by atoms with van der Waals surface area (Å²) >= 11 is 3.29. The topological polar surface area (TPSA) is 66.4 Å². The van der Waals surface area contributed by atoms with Crippen LogP contribution >= 0.6 is 15.9 Å². The van der Waals surface area contributed by atoms with Crippen LogP contribution in [0.2, 0.25) is 0 Å². The maximum absolute atomic E-state index is 11.7.